The van der Waals surface area contributed by atoms with Crippen molar-refractivity contribution in [2.45, 2.75) is 70.7 Å². The number of hydrogen-bond donors (Lipinski definition) is 1. The number of fused-ring (bicyclic) bond motifs is 1. The number of imide groups is 1. The molecule has 204 valence electrons. The minimum Gasteiger partial charge on any atom is -0.444 e. The standard InChI is InChI=1S/C28H37N5O5/c1-27(2,3)38-26(37)30-10-8-28(9-11-30)16-32(17-28)20-14-31(15-20)19-4-5-21-18(12-19)13-33(25(21)36)22-6-7-23(34)29-24(22)35/h4-5,12,20,22H,6-11,13-17H2,1-3H3,(H,29,34,35). The molecule has 0 radical (unpaired) electrons. The molecule has 6 rings (SSSR count). The Bertz CT molecular complexity index is 1170. The van der Waals surface area contributed by atoms with E-state index in [0.29, 0.717) is 30.0 Å². The second-order valence-corrected chi connectivity index (χ2v) is 12.7. The number of likely N-dealkylation sites (tertiary alicyclic amines) is 2. The van der Waals surface area contributed by atoms with E-state index in [1.165, 1.54) is 0 Å². The van der Waals surface area contributed by atoms with Gasteiger partial charge in [0.05, 0.1) is 0 Å². The van der Waals surface area contributed by atoms with Gasteiger partial charge in [0.25, 0.3) is 5.91 Å². The summed E-state index contributed by atoms with van der Waals surface area (Å²) in [6.07, 6.45) is 2.50. The summed E-state index contributed by atoms with van der Waals surface area (Å²) in [6, 6.07) is 5.91. The van der Waals surface area contributed by atoms with Gasteiger partial charge in [-0.2, -0.15) is 0 Å². The molecule has 1 aromatic carbocycles. The molecular formula is C28H37N5O5. The summed E-state index contributed by atoms with van der Waals surface area (Å²) in [7, 11) is 0. The molecule has 1 spiro atoms. The first kappa shape index (κ1) is 25.2. The molecule has 1 N–H and O–H groups in total. The van der Waals surface area contributed by atoms with Crippen LogP contribution in [0.2, 0.25) is 0 Å². The molecule has 4 fully saturated rings. The van der Waals surface area contributed by atoms with Crippen LogP contribution in [0, 0.1) is 5.41 Å². The predicted molar refractivity (Wildman–Crippen MR) is 140 cm³/mol. The van der Waals surface area contributed by atoms with Crippen molar-refractivity contribution < 1.29 is 23.9 Å². The molecule has 0 bridgehead atoms. The number of anilines is 1. The SMILES string of the molecule is CC(C)(C)OC(=O)N1CCC2(CC1)CN(C1CN(c3ccc4c(c3)CN(C3CCC(=O)NC3=O)C4=O)C1)C2. The summed E-state index contributed by atoms with van der Waals surface area (Å²) >= 11 is 0. The third-order valence-corrected chi connectivity index (χ3v) is 8.80. The number of amides is 4. The maximum absolute atomic E-state index is 13.0. The van der Waals surface area contributed by atoms with Crippen LogP contribution in [0.25, 0.3) is 0 Å². The van der Waals surface area contributed by atoms with Crippen molar-refractivity contribution in [2.75, 3.05) is 44.2 Å². The van der Waals surface area contributed by atoms with Crippen LogP contribution in [-0.4, -0.2) is 95.5 Å². The van der Waals surface area contributed by atoms with Crippen LogP contribution in [0.1, 0.15) is 62.4 Å². The number of nitrogens with one attached hydrogen (secondary N) is 1. The Balaban J connectivity index is 0.989. The molecule has 5 heterocycles. The minimum absolute atomic E-state index is 0.133. The Morgan fingerprint density at radius 3 is 2.45 bits per heavy atom. The van der Waals surface area contributed by atoms with Crippen LogP contribution in [-0.2, 0) is 20.9 Å². The number of nitrogens with zero attached hydrogens (tertiary/aromatic N) is 4. The van der Waals surface area contributed by atoms with Crippen LogP contribution in [0.3, 0.4) is 0 Å². The van der Waals surface area contributed by atoms with Gasteiger partial charge >= 0.3 is 6.09 Å². The lowest BCUT2D eigenvalue weighted by Gasteiger charge is -2.60. The van der Waals surface area contributed by atoms with Crippen molar-refractivity contribution in [3.8, 4) is 0 Å². The van der Waals surface area contributed by atoms with Crippen LogP contribution >= 0.6 is 0 Å². The van der Waals surface area contributed by atoms with E-state index in [9.17, 15) is 19.2 Å². The number of carbonyl (C=O) groups is 4. The molecular weight excluding hydrogens is 486 g/mol. The fourth-order valence-corrected chi connectivity index (χ4v) is 6.53. The van der Waals surface area contributed by atoms with Gasteiger partial charge in [-0.1, -0.05) is 0 Å². The van der Waals surface area contributed by atoms with Crippen LogP contribution in [0.15, 0.2) is 18.2 Å². The van der Waals surface area contributed by atoms with Crippen molar-refractivity contribution >= 4 is 29.5 Å². The highest BCUT2D eigenvalue weighted by atomic mass is 16.6. The van der Waals surface area contributed by atoms with Gasteiger partial charge in [0, 0.05) is 69.5 Å². The fourth-order valence-electron chi connectivity index (χ4n) is 6.53. The lowest BCUT2D eigenvalue weighted by Crippen LogP contribution is -2.70. The minimum atomic E-state index is -0.584. The number of hydrogen-bond acceptors (Lipinski definition) is 7. The van der Waals surface area contributed by atoms with Crippen molar-refractivity contribution in [3.05, 3.63) is 29.3 Å². The van der Waals surface area contributed by atoms with Gasteiger partial charge in [-0.05, 0) is 69.2 Å². The van der Waals surface area contributed by atoms with Crippen molar-refractivity contribution in [2.24, 2.45) is 5.41 Å². The molecule has 0 aliphatic carbocycles. The van der Waals surface area contributed by atoms with E-state index in [4.69, 9.17) is 4.74 Å². The zero-order valence-corrected chi connectivity index (χ0v) is 22.5. The van der Waals surface area contributed by atoms with Crippen LogP contribution < -0.4 is 10.2 Å². The topological polar surface area (TPSA) is 102 Å². The van der Waals surface area contributed by atoms with Crippen molar-refractivity contribution in [1.29, 1.82) is 0 Å². The summed E-state index contributed by atoms with van der Waals surface area (Å²) in [6.45, 7) is 11.8. The summed E-state index contributed by atoms with van der Waals surface area (Å²) in [5, 5.41) is 2.36. The Hall–Kier alpha value is -3.14. The van der Waals surface area contributed by atoms with Gasteiger partial charge in [-0.15, -0.1) is 0 Å². The van der Waals surface area contributed by atoms with Gasteiger partial charge in [-0.25, -0.2) is 4.79 Å². The van der Waals surface area contributed by atoms with Crippen molar-refractivity contribution in [3.63, 3.8) is 0 Å². The van der Waals surface area contributed by atoms with Gasteiger partial charge in [0.15, 0.2) is 0 Å². The second kappa shape index (κ2) is 8.97. The average Bonchev–Trinajstić information content (AvgIpc) is 3.12. The number of ether oxygens (including phenoxy) is 1. The fraction of sp³-hybridized carbons (Fsp3) is 0.643. The van der Waals surface area contributed by atoms with E-state index in [1.54, 1.807) is 4.90 Å². The van der Waals surface area contributed by atoms with Gasteiger partial charge in [0.1, 0.15) is 11.6 Å². The summed E-state index contributed by atoms with van der Waals surface area (Å²) in [4.78, 5) is 57.5. The molecule has 10 nitrogen and oxygen atoms in total. The number of rotatable bonds is 3. The van der Waals surface area contributed by atoms with E-state index in [2.05, 4.69) is 21.2 Å². The smallest absolute Gasteiger partial charge is 0.410 e. The molecule has 4 saturated heterocycles. The lowest BCUT2D eigenvalue weighted by atomic mass is 9.71. The highest BCUT2D eigenvalue weighted by molar-refractivity contribution is 6.05. The lowest BCUT2D eigenvalue weighted by molar-refractivity contribution is -0.136. The third-order valence-electron chi connectivity index (χ3n) is 8.80. The first-order chi connectivity index (χ1) is 18.0. The van der Waals surface area contributed by atoms with Gasteiger partial charge in [-0.3, -0.25) is 24.6 Å². The summed E-state index contributed by atoms with van der Waals surface area (Å²) in [5.41, 5.74) is 2.57. The first-order valence-electron chi connectivity index (χ1n) is 13.7. The number of carbonyl (C=O) groups excluding carboxylic acids is 4. The molecule has 4 amide bonds. The molecule has 5 aliphatic heterocycles. The van der Waals surface area contributed by atoms with Gasteiger partial charge < -0.3 is 19.4 Å². The predicted octanol–water partition coefficient (Wildman–Crippen LogP) is 1.97. The molecule has 5 aliphatic rings. The molecule has 10 heteroatoms. The van der Waals surface area contributed by atoms with E-state index in [-0.39, 0.29) is 30.2 Å². The molecule has 1 aromatic rings. The Morgan fingerprint density at radius 2 is 1.79 bits per heavy atom. The summed E-state index contributed by atoms with van der Waals surface area (Å²) in [5.74, 6) is -0.786. The second-order valence-electron chi connectivity index (χ2n) is 12.7. The number of benzene rings is 1. The summed E-state index contributed by atoms with van der Waals surface area (Å²) < 4.78 is 5.54. The maximum atomic E-state index is 13.0. The zero-order valence-electron chi connectivity index (χ0n) is 22.5. The Morgan fingerprint density at radius 1 is 1.08 bits per heavy atom. The first-order valence-corrected chi connectivity index (χ1v) is 13.7. The Labute approximate surface area is 223 Å². The zero-order chi connectivity index (χ0) is 26.8. The van der Waals surface area contributed by atoms with Crippen LogP contribution in [0.5, 0.6) is 0 Å². The van der Waals surface area contributed by atoms with Gasteiger partial charge in [0.2, 0.25) is 11.8 Å². The average molecular weight is 524 g/mol. The van der Waals surface area contributed by atoms with E-state index in [1.807, 2.05) is 37.8 Å². The third kappa shape index (κ3) is 4.52. The highest BCUT2D eigenvalue weighted by Crippen LogP contribution is 2.43. The van der Waals surface area contributed by atoms with Crippen LogP contribution in [0.4, 0.5) is 10.5 Å². The molecule has 38 heavy (non-hydrogen) atoms. The maximum Gasteiger partial charge on any atom is 0.410 e. The van der Waals surface area contributed by atoms with E-state index < -0.39 is 11.6 Å². The van der Waals surface area contributed by atoms with E-state index >= 15 is 0 Å². The normalized spacial score (nSPS) is 25.7. The molecule has 0 aromatic heterocycles. The largest absolute Gasteiger partial charge is 0.444 e. The molecule has 1 unspecified atom stereocenters. The van der Waals surface area contributed by atoms with Crippen molar-refractivity contribution in [1.82, 2.24) is 20.0 Å². The quantitative estimate of drug-likeness (QED) is 0.605. The Kier molecular flexibility index (Phi) is 5.93. The van der Waals surface area contributed by atoms with E-state index in [0.717, 1.165) is 63.4 Å². The molecule has 1 atom stereocenters. The molecule has 0 saturated carbocycles. The number of piperidine rings is 2. The highest BCUT2D eigenvalue weighted by Gasteiger charge is 2.50. The monoisotopic (exact) mass is 523 g/mol.